The average molecular weight is 325 g/mol. The van der Waals surface area contributed by atoms with Gasteiger partial charge in [-0.1, -0.05) is 12.1 Å². The number of halogens is 2. The predicted octanol–water partition coefficient (Wildman–Crippen LogP) is 3.87. The van der Waals surface area contributed by atoms with E-state index in [0.717, 1.165) is 5.56 Å². The van der Waals surface area contributed by atoms with Gasteiger partial charge in [-0.2, -0.15) is 0 Å². The Morgan fingerprint density at radius 3 is 2.47 bits per heavy atom. The zero-order valence-corrected chi connectivity index (χ0v) is 11.4. The summed E-state index contributed by atoms with van der Waals surface area (Å²) in [6.45, 7) is 0.290. The van der Waals surface area contributed by atoms with Gasteiger partial charge >= 0.3 is 5.97 Å². The molecule has 0 saturated carbocycles. The van der Waals surface area contributed by atoms with Gasteiger partial charge in [0.15, 0.2) is 0 Å². The molecule has 0 aromatic heterocycles. The lowest BCUT2D eigenvalue weighted by molar-refractivity contribution is 0.0697. The fraction of sp³-hybridized carbons (Fsp3) is 0.0714. The van der Waals surface area contributed by atoms with Gasteiger partial charge in [0.25, 0.3) is 0 Å². The molecule has 0 heterocycles. The van der Waals surface area contributed by atoms with Crippen LogP contribution in [0.1, 0.15) is 15.9 Å². The molecule has 2 aromatic rings. The minimum atomic E-state index is -0.963. The van der Waals surface area contributed by atoms with Gasteiger partial charge in [0, 0.05) is 0 Å². The SMILES string of the molecule is O=C(O)c1ccc(COc2ccc(F)c(Br)c2)cc1. The highest BCUT2D eigenvalue weighted by Crippen LogP contribution is 2.22. The van der Waals surface area contributed by atoms with Gasteiger partial charge in [-0.3, -0.25) is 0 Å². The summed E-state index contributed by atoms with van der Waals surface area (Å²) in [4.78, 5) is 10.7. The molecule has 0 radical (unpaired) electrons. The summed E-state index contributed by atoms with van der Waals surface area (Å²) in [6.07, 6.45) is 0. The van der Waals surface area contributed by atoms with E-state index in [1.807, 2.05) is 0 Å². The third-order valence-corrected chi connectivity index (χ3v) is 3.11. The molecule has 1 N–H and O–H groups in total. The standard InChI is InChI=1S/C14H10BrFO3/c15-12-7-11(5-6-13(12)16)19-8-9-1-3-10(4-2-9)14(17)18/h1-7H,8H2,(H,17,18). The number of hydrogen-bond donors (Lipinski definition) is 1. The second-order valence-electron chi connectivity index (χ2n) is 3.87. The Kier molecular flexibility index (Phi) is 4.16. The number of carboxylic acid groups (broad SMARTS) is 1. The Morgan fingerprint density at radius 1 is 1.21 bits per heavy atom. The van der Waals surface area contributed by atoms with Crippen LogP contribution in [-0.2, 0) is 6.61 Å². The molecule has 19 heavy (non-hydrogen) atoms. The number of rotatable bonds is 4. The number of aromatic carboxylic acids is 1. The molecule has 0 atom stereocenters. The first-order valence-electron chi connectivity index (χ1n) is 5.46. The van der Waals surface area contributed by atoms with E-state index in [0.29, 0.717) is 10.2 Å². The second-order valence-corrected chi connectivity index (χ2v) is 4.72. The first kappa shape index (κ1) is 13.5. The number of ether oxygens (including phenoxy) is 1. The number of benzene rings is 2. The summed E-state index contributed by atoms with van der Waals surface area (Å²) in [5.74, 6) is -0.774. The van der Waals surface area contributed by atoms with Crippen LogP contribution in [0, 0.1) is 5.82 Å². The minimum absolute atomic E-state index is 0.230. The molecule has 0 spiro atoms. The van der Waals surface area contributed by atoms with E-state index in [9.17, 15) is 9.18 Å². The van der Waals surface area contributed by atoms with Crippen LogP contribution in [0.4, 0.5) is 4.39 Å². The van der Waals surface area contributed by atoms with E-state index in [1.165, 1.54) is 24.3 Å². The maximum absolute atomic E-state index is 13.0. The molecule has 2 rings (SSSR count). The van der Waals surface area contributed by atoms with Crippen LogP contribution in [0.3, 0.4) is 0 Å². The van der Waals surface area contributed by atoms with Crippen molar-refractivity contribution in [2.75, 3.05) is 0 Å². The predicted molar refractivity (Wildman–Crippen MR) is 71.8 cm³/mol. The molecule has 0 aliphatic carbocycles. The van der Waals surface area contributed by atoms with Crippen molar-refractivity contribution in [2.45, 2.75) is 6.61 Å². The molecule has 0 bridgehead atoms. The topological polar surface area (TPSA) is 46.5 Å². The molecule has 98 valence electrons. The van der Waals surface area contributed by atoms with Crippen molar-refractivity contribution in [1.29, 1.82) is 0 Å². The van der Waals surface area contributed by atoms with E-state index in [2.05, 4.69) is 15.9 Å². The van der Waals surface area contributed by atoms with E-state index in [1.54, 1.807) is 18.2 Å². The summed E-state index contributed by atoms with van der Waals surface area (Å²) in [5.41, 5.74) is 1.07. The van der Waals surface area contributed by atoms with Crippen LogP contribution >= 0.6 is 15.9 Å². The normalized spacial score (nSPS) is 10.2. The number of carbonyl (C=O) groups is 1. The Bertz CT molecular complexity index is 596. The summed E-state index contributed by atoms with van der Waals surface area (Å²) in [5, 5.41) is 8.77. The molecule has 0 amide bonds. The lowest BCUT2D eigenvalue weighted by Gasteiger charge is -2.07. The van der Waals surface area contributed by atoms with E-state index in [4.69, 9.17) is 9.84 Å². The highest BCUT2D eigenvalue weighted by Gasteiger charge is 2.04. The van der Waals surface area contributed by atoms with Crippen LogP contribution in [-0.4, -0.2) is 11.1 Å². The third-order valence-electron chi connectivity index (χ3n) is 2.50. The van der Waals surface area contributed by atoms with Crippen molar-refractivity contribution in [2.24, 2.45) is 0 Å². The summed E-state index contributed by atoms with van der Waals surface area (Å²) < 4.78 is 18.8. The summed E-state index contributed by atoms with van der Waals surface area (Å²) >= 11 is 3.08. The first-order valence-corrected chi connectivity index (χ1v) is 6.25. The van der Waals surface area contributed by atoms with Crippen molar-refractivity contribution in [3.05, 3.63) is 63.9 Å². The molecule has 0 unspecified atom stereocenters. The van der Waals surface area contributed by atoms with Gasteiger partial charge in [-0.15, -0.1) is 0 Å². The Labute approximate surface area is 117 Å². The lowest BCUT2D eigenvalue weighted by atomic mass is 10.1. The van der Waals surface area contributed by atoms with Crippen LogP contribution in [0.15, 0.2) is 46.9 Å². The van der Waals surface area contributed by atoms with Crippen LogP contribution in [0.5, 0.6) is 5.75 Å². The first-order chi connectivity index (χ1) is 9.06. The van der Waals surface area contributed by atoms with E-state index >= 15 is 0 Å². The minimum Gasteiger partial charge on any atom is -0.489 e. The van der Waals surface area contributed by atoms with Crippen molar-refractivity contribution < 1.29 is 19.0 Å². The molecule has 3 nitrogen and oxygen atoms in total. The lowest BCUT2D eigenvalue weighted by Crippen LogP contribution is -1.99. The van der Waals surface area contributed by atoms with Crippen molar-refractivity contribution in [3.8, 4) is 5.75 Å². The third kappa shape index (κ3) is 3.54. The highest BCUT2D eigenvalue weighted by molar-refractivity contribution is 9.10. The van der Waals surface area contributed by atoms with Gasteiger partial charge in [-0.05, 0) is 51.8 Å². The zero-order valence-electron chi connectivity index (χ0n) is 9.77. The van der Waals surface area contributed by atoms with Gasteiger partial charge in [0.05, 0.1) is 10.0 Å². The zero-order chi connectivity index (χ0) is 13.8. The van der Waals surface area contributed by atoms with E-state index < -0.39 is 5.97 Å². The quantitative estimate of drug-likeness (QED) is 0.928. The Morgan fingerprint density at radius 2 is 1.89 bits per heavy atom. The fourth-order valence-electron chi connectivity index (χ4n) is 1.48. The fourth-order valence-corrected chi connectivity index (χ4v) is 1.83. The Balaban J connectivity index is 2.01. The van der Waals surface area contributed by atoms with E-state index in [-0.39, 0.29) is 18.0 Å². The van der Waals surface area contributed by atoms with Gasteiger partial charge < -0.3 is 9.84 Å². The smallest absolute Gasteiger partial charge is 0.335 e. The molecular formula is C14H10BrFO3. The van der Waals surface area contributed by atoms with Crippen LogP contribution in [0.2, 0.25) is 0 Å². The van der Waals surface area contributed by atoms with Gasteiger partial charge in [0.2, 0.25) is 0 Å². The molecule has 0 aliphatic rings. The van der Waals surface area contributed by atoms with Crippen LogP contribution < -0.4 is 4.74 Å². The van der Waals surface area contributed by atoms with Gasteiger partial charge in [0.1, 0.15) is 18.2 Å². The van der Waals surface area contributed by atoms with Crippen molar-refractivity contribution in [1.82, 2.24) is 0 Å². The highest BCUT2D eigenvalue weighted by atomic mass is 79.9. The maximum Gasteiger partial charge on any atom is 0.335 e. The molecule has 0 fully saturated rings. The second kappa shape index (κ2) is 5.84. The van der Waals surface area contributed by atoms with Gasteiger partial charge in [-0.25, -0.2) is 9.18 Å². The summed E-state index contributed by atoms with van der Waals surface area (Å²) in [6, 6.07) is 10.8. The molecule has 0 aliphatic heterocycles. The molecule has 0 saturated heterocycles. The molecular weight excluding hydrogens is 315 g/mol. The number of hydrogen-bond acceptors (Lipinski definition) is 2. The Hall–Kier alpha value is -1.88. The molecule has 5 heteroatoms. The maximum atomic E-state index is 13.0. The average Bonchev–Trinajstić information content (AvgIpc) is 2.40. The largest absolute Gasteiger partial charge is 0.489 e. The van der Waals surface area contributed by atoms with Crippen molar-refractivity contribution in [3.63, 3.8) is 0 Å². The van der Waals surface area contributed by atoms with Crippen LogP contribution in [0.25, 0.3) is 0 Å². The number of carboxylic acids is 1. The van der Waals surface area contributed by atoms with Crippen molar-refractivity contribution >= 4 is 21.9 Å². The summed E-state index contributed by atoms with van der Waals surface area (Å²) in [7, 11) is 0. The molecule has 2 aromatic carbocycles. The monoisotopic (exact) mass is 324 g/mol.